The molecule has 1 N–H and O–H groups in total. The van der Waals surface area contributed by atoms with Crippen molar-refractivity contribution in [1.29, 1.82) is 0 Å². The highest BCUT2D eigenvalue weighted by Crippen LogP contribution is 2.15. The van der Waals surface area contributed by atoms with Crippen molar-refractivity contribution in [2.75, 3.05) is 0 Å². The fourth-order valence-corrected chi connectivity index (χ4v) is 2.73. The van der Waals surface area contributed by atoms with E-state index < -0.39 is 0 Å². The Morgan fingerprint density at radius 1 is 0.680 bits per heavy atom. The molecule has 2 nitrogen and oxygen atoms in total. The first-order chi connectivity index (χ1) is 12.2. The van der Waals surface area contributed by atoms with Crippen LogP contribution in [0, 0.1) is 13.8 Å². The summed E-state index contributed by atoms with van der Waals surface area (Å²) in [5.41, 5.74) is 6.32. The predicted molar refractivity (Wildman–Crippen MR) is 104 cm³/mol. The molecule has 0 fully saturated rings. The highest BCUT2D eigenvalue weighted by molar-refractivity contribution is 5.28. The number of hydrogen-bond donors (Lipinski definition) is 1. The molecule has 0 amide bonds. The van der Waals surface area contributed by atoms with Gasteiger partial charge in [-0.15, -0.1) is 0 Å². The number of nitrogens with one attached hydrogen (secondary N) is 1. The summed E-state index contributed by atoms with van der Waals surface area (Å²) in [5, 5.41) is 3.48. The molecule has 0 heterocycles. The highest BCUT2D eigenvalue weighted by Gasteiger charge is 1.99. The van der Waals surface area contributed by atoms with E-state index in [4.69, 9.17) is 4.74 Å². The molecule has 3 aromatic carbocycles. The first-order valence-electron chi connectivity index (χ1n) is 8.72. The molecular formula is C23H25NO. The zero-order valence-electron chi connectivity index (χ0n) is 15.0. The lowest BCUT2D eigenvalue weighted by Crippen LogP contribution is -2.12. The summed E-state index contributed by atoms with van der Waals surface area (Å²) >= 11 is 0. The van der Waals surface area contributed by atoms with Gasteiger partial charge in [0.05, 0.1) is 0 Å². The van der Waals surface area contributed by atoms with E-state index in [1.807, 2.05) is 12.1 Å². The van der Waals surface area contributed by atoms with Gasteiger partial charge in [0.15, 0.2) is 0 Å². The molecule has 0 unspecified atom stereocenters. The summed E-state index contributed by atoms with van der Waals surface area (Å²) in [6.45, 7) is 6.55. The molecule has 0 aliphatic heterocycles. The van der Waals surface area contributed by atoms with E-state index >= 15 is 0 Å². The van der Waals surface area contributed by atoms with Crippen LogP contribution >= 0.6 is 0 Å². The molecule has 0 aliphatic rings. The molecule has 0 saturated carbocycles. The minimum absolute atomic E-state index is 0.604. The van der Waals surface area contributed by atoms with Crippen LogP contribution < -0.4 is 10.1 Å². The van der Waals surface area contributed by atoms with Crippen LogP contribution in [-0.2, 0) is 19.7 Å². The Hall–Kier alpha value is -2.58. The molecule has 25 heavy (non-hydrogen) atoms. The van der Waals surface area contributed by atoms with Gasteiger partial charge in [-0.05, 0) is 42.7 Å². The number of ether oxygens (including phenoxy) is 1. The maximum atomic E-state index is 5.87. The van der Waals surface area contributed by atoms with Gasteiger partial charge < -0.3 is 10.1 Å². The SMILES string of the molecule is Cc1ccc(CNCc2ccc(OCc3cccc(C)c3)cc2)cc1. The van der Waals surface area contributed by atoms with E-state index in [1.54, 1.807) is 0 Å². The molecule has 128 valence electrons. The second-order valence-electron chi connectivity index (χ2n) is 6.51. The molecule has 0 radical (unpaired) electrons. The van der Waals surface area contributed by atoms with Crippen LogP contribution in [0.3, 0.4) is 0 Å². The molecule has 0 aromatic heterocycles. The molecule has 0 aliphatic carbocycles. The van der Waals surface area contributed by atoms with E-state index in [-0.39, 0.29) is 0 Å². The molecule has 0 saturated heterocycles. The van der Waals surface area contributed by atoms with Crippen LogP contribution in [0.25, 0.3) is 0 Å². The van der Waals surface area contributed by atoms with Crippen LogP contribution in [0.15, 0.2) is 72.8 Å². The average molecular weight is 331 g/mol. The normalized spacial score (nSPS) is 10.6. The average Bonchev–Trinajstić information content (AvgIpc) is 2.63. The second-order valence-corrected chi connectivity index (χ2v) is 6.51. The van der Waals surface area contributed by atoms with Gasteiger partial charge in [-0.2, -0.15) is 0 Å². The van der Waals surface area contributed by atoms with E-state index in [0.717, 1.165) is 18.8 Å². The van der Waals surface area contributed by atoms with Crippen molar-refractivity contribution in [3.63, 3.8) is 0 Å². The van der Waals surface area contributed by atoms with Crippen molar-refractivity contribution in [1.82, 2.24) is 5.32 Å². The second kappa shape index (κ2) is 8.50. The summed E-state index contributed by atoms with van der Waals surface area (Å²) in [7, 11) is 0. The maximum absolute atomic E-state index is 5.87. The summed E-state index contributed by atoms with van der Waals surface area (Å²) in [4.78, 5) is 0. The number of hydrogen-bond acceptors (Lipinski definition) is 2. The van der Waals surface area contributed by atoms with Gasteiger partial charge in [-0.1, -0.05) is 71.8 Å². The Kier molecular flexibility index (Phi) is 5.86. The third-order valence-electron chi connectivity index (χ3n) is 4.19. The summed E-state index contributed by atoms with van der Waals surface area (Å²) in [5.74, 6) is 0.906. The number of benzene rings is 3. The topological polar surface area (TPSA) is 21.3 Å². The van der Waals surface area contributed by atoms with Crippen LogP contribution in [0.5, 0.6) is 5.75 Å². The van der Waals surface area contributed by atoms with Crippen molar-refractivity contribution in [3.05, 3.63) is 101 Å². The Balaban J connectivity index is 1.46. The van der Waals surface area contributed by atoms with Crippen molar-refractivity contribution < 1.29 is 4.74 Å². The van der Waals surface area contributed by atoms with Gasteiger partial charge in [-0.3, -0.25) is 0 Å². The van der Waals surface area contributed by atoms with Crippen LogP contribution in [0.1, 0.15) is 27.8 Å². The van der Waals surface area contributed by atoms with E-state index in [0.29, 0.717) is 6.61 Å². The van der Waals surface area contributed by atoms with Gasteiger partial charge >= 0.3 is 0 Å². The molecule has 0 spiro atoms. The van der Waals surface area contributed by atoms with Crippen LogP contribution in [-0.4, -0.2) is 0 Å². The molecule has 3 aromatic rings. The van der Waals surface area contributed by atoms with E-state index in [1.165, 1.54) is 27.8 Å². The first kappa shape index (κ1) is 17.2. The molecular weight excluding hydrogens is 306 g/mol. The lowest BCUT2D eigenvalue weighted by molar-refractivity contribution is 0.306. The lowest BCUT2D eigenvalue weighted by Gasteiger charge is -2.09. The maximum Gasteiger partial charge on any atom is 0.119 e. The molecule has 3 rings (SSSR count). The van der Waals surface area contributed by atoms with Gasteiger partial charge in [0, 0.05) is 13.1 Å². The highest BCUT2D eigenvalue weighted by atomic mass is 16.5. The van der Waals surface area contributed by atoms with E-state index in [2.05, 4.69) is 79.8 Å². The standard InChI is InChI=1S/C23H25NO/c1-18-6-8-20(9-7-18)15-24-16-21-10-12-23(13-11-21)25-17-22-5-3-4-19(2)14-22/h3-14,24H,15-17H2,1-2H3. The molecule has 0 atom stereocenters. The third kappa shape index (κ3) is 5.47. The smallest absolute Gasteiger partial charge is 0.119 e. The Bertz CT molecular complexity index is 791. The summed E-state index contributed by atoms with van der Waals surface area (Å²) < 4.78 is 5.87. The van der Waals surface area contributed by atoms with Gasteiger partial charge in [0.2, 0.25) is 0 Å². The van der Waals surface area contributed by atoms with Gasteiger partial charge in [-0.25, -0.2) is 0 Å². The number of rotatable bonds is 7. The molecule has 2 heteroatoms. The minimum Gasteiger partial charge on any atom is -0.489 e. The largest absolute Gasteiger partial charge is 0.489 e. The van der Waals surface area contributed by atoms with E-state index in [9.17, 15) is 0 Å². The Morgan fingerprint density at radius 3 is 1.96 bits per heavy atom. The predicted octanol–water partition coefficient (Wildman–Crippen LogP) is 5.17. The fourth-order valence-electron chi connectivity index (χ4n) is 2.73. The minimum atomic E-state index is 0.604. The summed E-state index contributed by atoms with van der Waals surface area (Å²) in [6.07, 6.45) is 0. The fraction of sp³-hybridized carbons (Fsp3) is 0.217. The Morgan fingerprint density at radius 2 is 1.32 bits per heavy atom. The van der Waals surface area contributed by atoms with Crippen molar-refractivity contribution in [3.8, 4) is 5.75 Å². The van der Waals surface area contributed by atoms with Gasteiger partial charge in [0.1, 0.15) is 12.4 Å². The monoisotopic (exact) mass is 331 g/mol. The van der Waals surface area contributed by atoms with Crippen LogP contribution in [0.2, 0.25) is 0 Å². The zero-order valence-corrected chi connectivity index (χ0v) is 15.0. The van der Waals surface area contributed by atoms with Crippen molar-refractivity contribution in [2.24, 2.45) is 0 Å². The van der Waals surface area contributed by atoms with Crippen molar-refractivity contribution in [2.45, 2.75) is 33.5 Å². The van der Waals surface area contributed by atoms with Crippen LogP contribution in [0.4, 0.5) is 0 Å². The van der Waals surface area contributed by atoms with Crippen molar-refractivity contribution >= 4 is 0 Å². The quantitative estimate of drug-likeness (QED) is 0.645. The lowest BCUT2D eigenvalue weighted by atomic mass is 10.1. The molecule has 0 bridgehead atoms. The number of aryl methyl sites for hydroxylation is 2. The first-order valence-corrected chi connectivity index (χ1v) is 8.72. The third-order valence-corrected chi connectivity index (χ3v) is 4.19. The summed E-state index contributed by atoms with van der Waals surface area (Å²) in [6, 6.07) is 25.4. The zero-order chi connectivity index (χ0) is 17.5. The Labute approximate surface area is 150 Å². The van der Waals surface area contributed by atoms with Gasteiger partial charge in [0.25, 0.3) is 0 Å².